The monoisotopic (exact) mass is 529 g/mol. The zero-order valence-electron chi connectivity index (χ0n) is 21.9. The third-order valence-electron chi connectivity index (χ3n) is 7.25. The Morgan fingerprint density at radius 1 is 0.923 bits per heavy atom. The van der Waals surface area contributed by atoms with Gasteiger partial charge in [0.05, 0.1) is 13.1 Å². The molecule has 0 spiro atoms. The molecule has 3 aromatic rings. The van der Waals surface area contributed by atoms with Gasteiger partial charge < -0.3 is 15.1 Å². The third-order valence-corrected chi connectivity index (χ3v) is 7.25. The Balaban J connectivity index is 1.39. The molecule has 0 bridgehead atoms. The molecule has 0 unspecified atom stereocenters. The molecular weight excluding hydrogens is 497 g/mol. The zero-order chi connectivity index (χ0) is 27.4. The summed E-state index contributed by atoms with van der Waals surface area (Å²) in [4.78, 5) is 44.0. The molecule has 0 aromatic heterocycles. The summed E-state index contributed by atoms with van der Waals surface area (Å²) < 4.78 is 13.3. The summed E-state index contributed by atoms with van der Waals surface area (Å²) >= 11 is 0. The van der Waals surface area contributed by atoms with Crippen LogP contribution in [0.2, 0.25) is 0 Å². The fourth-order valence-electron chi connectivity index (χ4n) is 5.34. The van der Waals surface area contributed by atoms with Gasteiger partial charge in [0.25, 0.3) is 0 Å². The normalized spacial score (nSPS) is 19.7. The van der Waals surface area contributed by atoms with Crippen LogP contribution in [0.1, 0.15) is 29.2 Å². The molecule has 9 heteroatoms. The molecule has 8 nitrogen and oxygen atoms in total. The largest absolute Gasteiger partial charge is 0.337 e. The topological polar surface area (TPSA) is 76.2 Å². The van der Waals surface area contributed by atoms with Crippen LogP contribution in [0.25, 0.3) is 0 Å². The smallest absolute Gasteiger partial charge is 0.334 e. The molecule has 5 rings (SSSR count). The average Bonchev–Trinajstić information content (AvgIpc) is 2.94. The van der Waals surface area contributed by atoms with Crippen molar-refractivity contribution < 1.29 is 18.8 Å². The Bertz CT molecular complexity index is 1310. The molecule has 2 atom stereocenters. The number of hydrazine groups is 1. The van der Waals surface area contributed by atoms with Gasteiger partial charge in [-0.05, 0) is 41.7 Å². The number of hydrogen-bond donors (Lipinski definition) is 1. The van der Waals surface area contributed by atoms with Gasteiger partial charge in [-0.1, -0.05) is 72.8 Å². The summed E-state index contributed by atoms with van der Waals surface area (Å²) in [5.41, 5.74) is 2.66. The van der Waals surface area contributed by atoms with Gasteiger partial charge in [0.2, 0.25) is 11.8 Å². The van der Waals surface area contributed by atoms with Crippen LogP contribution in [0.15, 0.2) is 84.9 Å². The second kappa shape index (κ2) is 11.7. The van der Waals surface area contributed by atoms with Gasteiger partial charge in [0.15, 0.2) is 0 Å². The Kier molecular flexibility index (Phi) is 7.88. The quantitative estimate of drug-likeness (QED) is 0.508. The maximum atomic E-state index is 13.8. The number of carbonyl (C=O) groups is 3. The van der Waals surface area contributed by atoms with Crippen molar-refractivity contribution in [1.29, 1.82) is 0 Å². The molecule has 0 radical (unpaired) electrons. The molecule has 2 saturated heterocycles. The number of hydrogen-bond acceptors (Lipinski definition) is 4. The summed E-state index contributed by atoms with van der Waals surface area (Å²) in [5.74, 6) is -0.701. The van der Waals surface area contributed by atoms with E-state index in [2.05, 4.69) is 17.4 Å². The molecule has 3 aromatic carbocycles. The number of urea groups is 1. The van der Waals surface area contributed by atoms with Crippen molar-refractivity contribution in [2.24, 2.45) is 0 Å². The second-order valence-corrected chi connectivity index (χ2v) is 9.91. The van der Waals surface area contributed by atoms with Gasteiger partial charge in [-0.25, -0.2) is 19.2 Å². The van der Waals surface area contributed by atoms with E-state index in [1.165, 1.54) is 22.7 Å². The molecule has 0 aliphatic carbocycles. The Hall–Kier alpha value is -4.24. The number of nitrogens with zero attached hydrogens (tertiary/aromatic N) is 4. The van der Waals surface area contributed by atoms with Crippen LogP contribution < -0.4 is 5.32 Å². The number of aryl methyl sites for hydroxylation is 1. The number of nitrogens with one attached hydrogen (secondary N) is 1. The minimum absolute atomic E-state index is 0.0366. The van der Waals surface area contributed by atoms with Crippen LogP contribution in [-0.4, -0.2) is 70.5 Å². The number of carbonyl (C=O) groups excluding carboxylic acids is 3. The summed E-state index contributed by atoms with van der Waals surface area (Å²) in [6, 6.07) is 24.1. The number of amides is 4. The lowest BCUT2D eigenvalue weighted by atomic mass is 9.98. The maximum Gasteiger partial charge on any atom is 0.334 e. The van der Waals surface area contributed by atoms with Crippen molar-refractivity contribution in [3.8, 4) is 0 Å². The van der Waals surface area contributed by atoms with Crippen molar-refractivity contribution in [1.82, 2.24) is 25.1 Å². The first-order chi connectivity index (χ1) is 18.9. The van der Waals surface area contributed by atoms with Crippen molar-refractivity contribution in [3.63, 3.8) is 0 Å². The molecule has 0 saturated carbocycles. The molecule has 2 aliphatic heterocycles. The molecule has 1 N–H and O–H groups in total. The van der Waals surface area contributed by atoms with E-state index in [0.29, 0.717) is 12.1 Å². The molecule has 4 amide bonds. The third kappa shape index (κ3) is 5.78. The SMILES string of the molecule is CN1CC(=O)N2[C@@H](c3ccccc3)C(=O)N(CCCc3ccccc3)C[C@@H]2N1C(=O)NCc1ccc(F)cc1. The van der Waals surface area contributed by atoms with E-state index >= 15 is 0 Å². The number of piperazine rings is 1. The fraction of sp³-hybridized carbons (Fsp3) is 0.300. The van der Waals surface area contributed by atoms with Crippen molar-refractivity contribution >= 4 is 17.8 Å². The summed E-state index contributed by atoms with van der Waals surface area (Å²) in [6.45, 7) is 0.873. The Morgan fingerprint density at radius 3 is 2.28 bits per heavy atom. The second-order valence-electron chi connectivity index (χ2n) is 9.91. The lowest BCUT2D eigenvalue weighted by molar-refractivity contribution is -0.187. The zero-order valence-corrected chi connectivity index (χ0v) is 21.9. The van der Waals surface area contributed by atoms with Gasteiger partial charge in [-0.15, -0.1) is 0 Å². The van der Waals surface area contributed by atoms with Crippen LogP contribution in [0.4, 0.5) is 9.18 Å². The first kappa shape index (κ1) is 26.4. The predicted molar refractivity (Wildman–Crippen MR) is 144 cm³/mol. The highest BCUT2D eigenvalue weighted by molar-refractivity contribution is 5.92. The van der Waals surface area contributed by atoms with Crippen molar-refractivity contribution in [2.75, 3.05) is 26.7 Å². The van der Waals surface area contributed by atoms with Crippen LogP contribution in [0, 0.1) is 5.82 Å². The van der Waals surface area contributed by atoms with E-state index in [1.54, 1.807) is 34.0 Å². The summed E-state index contributed by atoms with van der Waals surface area (Å²) in [6.07, 6.45) is 0.893. The molecule has 2 fully saturated rings. The maximum absolute atomic E-state index is 13.8. The molecule has 2 aliphatic rings. The van der Waals surface area contributed by atoms with Gasteiger partial charge in [0, 0.05) is 20.1 Å². The molecule has 39 heavy (non-hydrogen) atoms. The van der Waals surface area contributed by atoms with E-state index in [0.717, 1.165) is 18.4 Å². The van der Waals surface area contributed by atoms with E-state index in [-0.39, 0.29) is 37.3 Å². The highest BCUT2D eigenvalue weighted by Crippen LogP contribution is 2.34. The van der Waals surface area contributed by atoms with E-state index in [1.807, 2.05) is 48.5 Å². The Labute approximate surface area is 227 Å². The Morgan fingerprint density at radius 2 is 1.59 bits per heavy atom. The first-order valence-corrected chi connectivity index (χ1v) is 13.1. The number of benzene rings is 3. The number of rotatable bonds is 7. The predicted octanol–water partition coefficient (Wildman–Crippen LogP) is 3.57. The van der Waals surface area contributed by atoms with Crippen LogP contribution in [-0.2, 0) is 22.6 Å². The number of fused-ring (bicyclic) bond motifs is 1. The van der Waals surface area contributed by atoms with Crippen LogP contribution >= 0.6 is 0 Å². The number of halogens is 1. The molecule has 2 heterocycles. The average molecular weight is 530 g/mol. The highest BCUT2D eigenvalue weighted by atomic mass is 19.1. The number of likely N-dealkylation sites (N-methyl/N-ethyl adjacent to an activating group) is 1. The van der Waals surface area contributed by atoms with Crippen molar-refractivity contribution in [3.05, 3.63) is 107 Å². The van der Waals surface area contributed by atoms with Crippen LogP contribution in [0.5, 0.6) is 0 Å². The van der Waals surface area contributed by atoms with Crippen molar-refractivity contribution in [2.45, 2.75) is 31.6 Å². The van der Waals surface area contributed by atoms with Gasteiger partial charge in [-0.2, -0.15) is 0 Å². The van der Waals surface area contributed by atoms with Crippen LogP contribution in [0.3, 0.4) is 0 Å². The summed E-state index contributed by atoms with van der Waals surface area (Å²) in [7, 11) is 1.69. The van der Waals surface area contributed by atoms with E-state index in [9.17, 15) is 18.8 Å². The minimum atomic E-state index is -0.824. The fourth-order valence-corrected chi connectivity index (χ4v) is 5.34. The first-order valence-electron chi connectivity index (χ1n) is 13.1. The standard InChI is InChI=1S/C30H32FN5O3/c1-33-21-27(37)35-26(36(33)30(39)32-19-23-14-16-25(31)17-15-23)20-34(18-8-11-22-9-4-2-5-10-22)29(38)28(35)24-12-6-3-7-13-24/h2-7,9-10,12-17,26,28H,8,11,18-21H2,1H3,(H,32,39)/t26-,28-/m0/s1. The molecular formula is C30H32FN5O3. The minimum Gasteiger partial charge on any atom is -0.337 e. The van der Waals surface area contributed by atoms with Gasteiger partial charge >= 0.3 is 6.03 Å². The highest BCUT2D eigenvalue weighted by Gasteiger charge is 2.51. The van der Waals surface area contributed by atoms with E-state index < -0.39 is 18.2 Å². The van der Waals surface area contributed by atoms with E-state index in [4.69, 9.17) is 0 Å². The molecule has 202 valence electrons. The summed E-state index contributed by atoms with van der Waals surface area (Å²) in [5, 5.41) is 6.02. The lowest BCUT2D eigenvalue weighted by Crippen LogP contribution is -2.73. The van der Waals surface area contributed by atoms with Gasteiger partial charge in [-0.3, -0.25) is 9.59 Å². The van der Waals surface area contributed by atoms with Gasteiger partial charge in [0.1, 0.15) is 18.0 Å². The lowest BCUT2D eigenvalue weighted by Gasteiger charge is -2.54.